The van der Waals surface area contributed by atoms with Gasteiger partial charge in [0.05, 0.1) is 13.2 Å². The van der Waals surface area contributed by atoms with Crippen LogP contribution in [0.15, 0.2) is 12.4 Å². The first-order chi connectivity index (χ1) is 10.7. The summed E-state index contributed by atoms with van der Waals surface area (Å²) in [5.41, 5.74) is 0. The van der Waals surface area contributed by atoms with Crippen molar-refractivity contribution in [3.63, 3.8) is 0 Å². The van der Waals surface area contributed by atoms with E-state index in [4.69, 9.17) is 4.74 Å². The lowest BCUT2D eigenvalue weighted by Gasteiger charge is -2.30. The summed E-state index contributed by atoms with van der Waals surface area (Å²) in [6.07, 6.45) is 6.84. The van der Waals surface area contributed by atoms with Crippen molar-refractivity contribution in [3.8, 4) is 0 Å². The molecule has 6 heteroatoms. The van der Waals surface area contributed by atoms with Crippen LogP contribution in [0.1, 0.15) is 18.7 Å². The van der Waals surface area contributed by atoms with Crippen molar-refractivity contribution < 1.29 is 9.53 Å². The molecular weight excluding hydrogens is 280 g/mol. The molecule has 2 aliphatic rings. The fourth-order valence-electron chi connectivity index (χ4n) is 3.38. The molecule has 1 aromatic rings. The summed E-state index contributed by atoms with van der Waals surface area (Å²) in [6.45, 7) is 5.78. The molecule has 0 spiro atoms. The van der Waals surface area contributed by atoms with Gasteiger partial charge in [-0.2, -0.15) is 0 Å². The maximum Gasteiger partial charge on any atom is 0.224 e. The lowest BCUT2D eigenvalue weighted by molar-refractivity contribution is -0.135. The molecule has 0 aliphatic carbocycles. The van der Waals surface area contributed by atoms with Gasteiger partial charge in [-0.05, 0) is 19.4 Å². The third-order valence-electron chi connectivity index (χ3n) is 4.67. The van der Waals surface area contributed by atoms with Crippen molar-refractivity contribution in [2.24, 2.45) is 5.92 Å². The molecule has 1 amide bonds. The number of aryl methyl sites for hydroxylation is 1. The number of aromatic nitrogens is 2. The second-order valence-electron chi connectivity index (χ2n) is 6.41. The van der Waals surface area contributed by atoms with E-state index in [9.17, 15) is 4.79 Å². The molecule has 22 heavy (non-hydrogen) atoms. The standard InChI is InChI=1S/C16H26N4O2/c1-18(6-4-16(21)19-8-10-22-11-9-19)12-14-2-3-15-17-5-7-20(15)13-14/h5,7,14H,2-4,6,8-13H2,1H3/t14-/m1/s1. The summed E-state index contributed by atoms with van der Waals surface area (Å²) in [5, 5.41) is 0. The first kappa shape index (κ1) is 15.5. The van der Waals surface area contributed by atoms with E-state index in [1.54, 1.807) is 0 Å². The van der Waals surface area contributed by atoms with Crippen LogP contribution in [-0.2, 0) is 22.5 Å². The molecule has 3 rings (SSSR count). The van der Waals surface area contributed by atoms with E-state index in [2.05, 4.69) is 27.7 Å². The number of amides is 1. The van der Waals surface area contributed by atoms with Crippen molar-refractivity contribution in [2.75, 3.05) is 46.4 Å². The van der Waals surface area contributed by atoms with Gasteiger partial charge >= 0.3 is 0 Å². The van der Waals surface area contributed by atoms with Crippen molar-refractivity contribution >= 4 is 5.91 Å². The zero-order valence-corrected chi connectivity index (χ0v) is 13.4. The molecule has 0 radical (unpaired) electrons. The van der Waals surface area contributed by atoms with Gasteiger partial charge < -0.3 is 19.1 Å². The highest BCUT2D eigenvalue weighted by Crippen LogP contribution is 2.19. The summed E-state index contributed by atoms with van der Waals surface area (Å²) in [6, 6.07) is 0. The van der Waals surface area contributed by atoms with Crippen molar-refractivity contribution in [1.82, 2.24) is 19.4 Å². The Kier molecular flexibility index (Phi) is 5.10. The van der Waals surface area contributed by atoms with Crippen molar-refractivity contribution in [1.29, 1.82) is 0 Å². The van der Waals surface area contributed by atoms with Gasteiger partial charge in [-0.15, -0.1) is 0 Å². The molecule has 1 saturated heterocycles. The van der Waals surface area contributed by atoms with E-state index in [0.717, 1.165) is 39.1 Å². The highest BCUT2D eigenvalue weighted by atomic mass is 16.5. The predicted molar refractivity (Wildman–Crippen MR) is 83.6 cm³/mol. The minimum Gasteiger partial charge on any atom is -0.378 e. The van der Waals surface area contributed by atoms with E-state index in [-0.39, 0.29) is 5.91 Å². The fraction of sp³-hybridized carbons (Fsp3) is 0.750. The van der Waals surface area contributed by atoms with Gasteiger partial charge in [-0.3, -0.25) is 4.79 Å². The third kappa shape index (κ3) is 3.87. The van der Waals surface area contributed by atoms with Gasteiger partial charge in [0.1, 0.15) is 5.82 Å². The van der Waals surface area contributed by atoms with Crippen LogP contribution in [0.4, 0.5) is 0 Å². The molecule has 0 aromatic carbocycles. The molecule has 1 fully saturated rings. The number of nitrogens with zero attached hydrogens (tertiary/aromatic N) is 4. The van der Waals surface area contributed by atoms with Crippen molar-refractivity contribution in [2.45, 2.75) is 25.8 Å². The minimum atomic E-state index is 0.260. The van der Waals surface area contributed by atoms with Gasteiger partial charge in [-0.1, -0.05) is 0 Å². The summed E-state index contributed by atoms with van der Waals surface area (Å²) in [7, 11) is 2.12. The Morgan fingerprint density at radius 2 is 2.27 bits per heavy atom. The number of ether oxygens (including phenoxy) is 1. The lowest BCUT2D eigenvalue weighted by atomic mass is 9.99. The Morgan fingerprint density at radius 3 is 3.09 bits per heavy atom. The zero-order valence-electron chi connectivity index (χ0n) is 13.4. The smallest absolute Gasteiger partial charge is 0.224 e. The Bertz CT molecular complexity index is 496. The average Bonchev–Trinajstić information content (AvgIpc) is 3.01. The molecule has 2 aliphatic heterocycles. The van der Waals surface area contributed by atoms with Crippen LogP contribution < -0.4 is 0 Å². The molecule has 0 bridgehead atoms. The van der Waals surface area contributed by atoms with E-state index >= 15 is 0 Å². The fourth-order valence-corrected chi connectivity index (χ4v) is 3.38. The molecule has 3 heterocycles. The highest BCUT2D eigenvalue weighted by molar-refractivity contribution is 5.76. The number of carbonyl (C=O) groups excluding carboxylic acids is 1. The molecule has 1 aromatic heterocycles. The molecule has 1 atom stereocenters. The molecule has 0 saturated carbocycles. The number of morpholine rings is 1. The van der Waals surface area contributed by atoms with Crippen LogP contribution in [0.2, 0.25) is 0 Å². The molecule has 6 nitrogen and oxygen atoms in total. The first-order valence-corrected chi connectivity index (χ1v) is 8.26. The first-order valence-electron chi connectivity index (χ1n) is 8.26. The monoisotopic (exact) mass is 306 g/mol. The number of carbonyl (C=O) groups is 1. The highest BCUT2D eigenvalue weighted by Gasteiger charge is 2.21. The van der Waals surface area contributed by atoms with Crippen LogP contribution in [-0.4, -0.2) is 71.7 Å². The number of imidazole rings is 1. The topological polar surface area (TPSA) is 50.6 Å². The Morgan fingerprint density at radius 1 is 1.45 bits per heavy atom. The maximum absolute atomic E-state index is 12.2. The van der Waals surface area contributed by atoms with Gasteiger partial charge in [0.15, 0.2) is 0 Å². The van der Waals surface area contributed by atoms with Crippen LogP contribution in [0.5, 0.6) is 0 Å². The number of rotatable bonds is 5. The second kappa shape index (κ2) is 7.24. The second-order valence-corrected chi connectivity index (χ2v) is 6.41. The molecule has 0 N–H and O–H groups in total. The third-order valence-corrected chi connectivity index (χ3v) is 4.67. The Labute approximate surface area is 132 Å². The van der Waals surface area contributed by atoms with Gasteiger partial charge in [-0.25, -0.2) is 4.98 Å². The maximum atomic E-state index is 12.2. The van der Waals surface area contributed by atoms with Gasteiger partial charge in [0.25, 0.3) is 0 Å². The van der Waals surface area contributed by atoms with Crippen LogP contribution in [0.3, 0.4) is 0 Å². The quantitative estimate of drug-likeness (QED) is 0.800. The summed E-state index contributed by atoms with van der Waals surface area (Å²) in [5.74, 6) is 2.13. The zero-order chi connectivity index (χ0) is 15.4. The Hall–Kier alpha value is -1.40. The minimum absolute atomic E-state index is 0.260. The molecule has 0 unspecified atom stereocenters. The van der Waals surface area contributed by atoms with E-state index in [1.165, 1.54) is 12.2 Å². The summed E-state index contributed by atoms with van der Waals surface area (Å²) in [4.78, 5) is 20.7. The van der Waals surface area contributed by atoms with Crippen molar-refractivity contribution in [3.05, 3.63) is 18.2 Å². The largest absolute Gasteiger partial charge is 0.378 e. The number of hydrogen-bond donors (Lipinski definition) is 0. The average molecular weight is 306 g/mol. The number of fused-ring (bicyclic) bond motifs is 1. The predicted octanol–water partition coefficient (Wildman–Crippen LogP) is 0.626. The summed E-state index contributed by atoms with van der Waals surface area (Å²) >= 11 is 0. The van der Waals surface area contributed by atoms with Crippen LogP contribution >= 0.6 is 0 Å². The van der Waals surface area contributed by atoms with E-state index in [1.807, 2.05) is 11.1 Å². The van der Waals surface area contributed by atoms with E-state index < -0.39 is 0 Å². The Balaban J connectivity index is 1.39. The SMILES string of the molecule is CN(CCC(=O)N1CCOCC1)C[C@H]1CCc2nccn2C1. The number of hydrogen-bond acceptors (Lipinski definition) is 4. The normalized spacial score (nSPS) is 21.9. The lowest BCUT2D eigenvalue weighted by Crippen LogP contribution is -2.42. The van der Waals surface area contributed by atoms with Crippen LogP contribution in [0, 0.1) is 5.92 Å². The van der Waals surface area contributed by atoms with Gasteiger partial charge in [0, 0.05) is 58.0 Å². The summed E-state index contributed by atoms with van der Waals surface area (Å²) < 4.78 is 7.55. The molecule has 122 valence electrons. The van der Waals surface area contributed by atoms with Gasteiger partial charge in [0.2, 0.25) is 5.91 Å². The van der Waals surface area contributed by atoms with Crippen LogP contribution in [0.25, 0.3) is 0 Å². The molecular formula is C16H26N4O2. The van der Waals surface area contributed by atoms with E-state index in [0.29, 0.717) is 25.6 Å².